The fraction of sp³-hybridized carbons (Fsp3) is 0.250. The van der Waals surface area contributed by atoms with Gasteiger partial charge in [0.1, 0.15) is 5.69 Å². The Morgan fingerprint density at radius 3 is 2.33 bits per heavy atom. The summed E-state index contributed by atoms with van der Waals surface area (Å²) in [5.74, 6) is -2.11. The van der Waals surface area contributed by atoms with Gasteiger partial charge >= 0.3 is 6.18 Å². The van der Waals surface area contributed by atoms with Crippen molar-refractivity contribution in [2.45, 2.75) is 18.7 Å². The summed E-state index contributed by atoms with van der Waals surface area (Å²) in [7, 11) is 1.00. The van der Waals surface area contributed by atoms with E-state index in [9.17, 15) is 27.9 Å². The SMILES string of the molecule is CO.Cc1ccc(C(O)(C(N)=O)C(F)(F)F)cc1-c1cnc(N)c(C=O)n1. The number of amides is 1. The lowest BCUT2D eigenvalue weighted by molar-refractivity contribution is -0.255. The van der Waals surface area contributed by atoms with E-state index in [1.165, 1.54) is 6.07 Å². The molecule has 6 N–H and O–H groups in total. The Balaban J connectivity index is 0.00000176. The van der Waals surface area contributed by atoms with Crippen LogP contribution >= 0.6 is 0 Å². The van der Waals surface area contributed by atoms with Crippen molar-refractivity contribution >= 4 is 18.0 Å². The van der Waals surface area contributed by atoms with E-state index < -0.39 is 23.2 Å². The van der Waals surface area contributed by atoms with Crippen molar-refractivity contribution in [3.05, 3.63) is 41.2 Å². The zero-order chi connectivity index (χ0) is 21.0. The quantitative estimate of drug-likeness (QED) is 0.564. The average molecular weight is 386 g/mol. The largest absolute Gasteiger partial charge is 0.430 e. The molecule has 1 unspecified atom stereocenters. The normalized spacial score (nSPS) is 13.1. The third-order valence-electron chi connectivity index (χ3n) is 3.64. The first-order valence-corrected chi connectivity index (χ1v) is 7.25. The number of rotatable bonds is 4. The van der Waals surface area contributed by atoms with Gasteiger partial charge in [-0.15, -0.1) is 0 Å². The van der Waals surface area contributed by atoms with E-state index in [0.29, 0.717) is 11.8 Å². The van der Waals surface area contributed by atoms with Crippen LogP contribution in [0.2, 0.25) is 0 Å². The first kappa shape index (κ1) is 22.0. The molecule has 1 aromatic carbocycles. The van der Waals surface area contributed by atoms with E-state index in [2.05, 4.69) is 9.97 Å². The molecule has 0 fully saturated rings. The minimum Gasteiger partial charge on any atom is -0.400 e. The van der Waals surface area contributed by atoms with Gasteiger partial charge in [0.25, 0.3) is 11.5 Å². The second kappa shape index (κ2) is 8.10. The highest BCUT2D eigenvalue weighted by Gasteiger charge is 2.60. The lowest BCUT2D eigenvalue weighted by atomic mass is 9.89. The summed E-state index contributed by atoms with van der Waals surface area (Å²) in [5.41, 5.74) is 6.03. The number of nitrogens with two attached hydrogens (primary N) is 2. The van der Waals surface area contributed by atoms with Gasteiger partial charge in [-0.25, -0.2) is 9.97 Å². The van der Waals surface area contributed by atoms with E-state index in [4.69, 9.17) is 16.6 Å². The fourth-order valence-corrected chi connectivity index (χ4v) is 2.20. The van der Waals surface area contributed by atoms with Crippen molar-refractivity contribution in [2.24, 2.45) is 5.73 Å². The van der Waals surface area contributed by atoms with Crippen LogP contribution in [0.3, 0.4) is 0 Å². The first-order valence-electron chi connectivity index (χ1n) is 7.25. The highest BCUT2D eigenvalue weighted by atomic mass is 19.4. The van der Waals surface area contributed by atoms with Crippen LogP contribution in [0.4, 0.5) is 19.0 Å². The highest BCUT2D eigenvalue weighted by Crippen LogP contribution is 2.40. The Hall–Kier alpha value is -3.05. The topological polar surface area (TPSA) is 152 Å². The summed E-state index contributed by atoms with van der Waals surface area (Å²) in [6.07, 6.45) is -3.82. The maximum Gasteiger partial charge on any atom is 0.430 e. The molecule has 1 atom stereocenters. The van der Waals surface area contributed by atoms with Crippen molar-refractivity contribution in [1.29, 1.82) is 0 Å². The lowest BCUT2D eigenvalue weighted by Gasteiger charge is -2.28. The zero-order valence-corrected chi connectivity index (χ0v) is 14.3. The fourth-order valence-electron chi connectivity index (χ4n) is 2.20. The first-order chi connectivity index (χ1) is 12.5. The summed E-state index contributed by atoms with van der Waals surface area (Å²) in [6, 6.07) is 3.10. The van der Waals surface area contributed by atoms with Crippen molar-refractivity contribution < 1.29 is 33.0 Å². The summed E-state index contributed by atoms with van der Waals surface area (Å²) in [4.78, 5) is 29.9. The third kappa shape index (κ3) is 4.04. The molecule has 1 heterocycles. The Morgan fingerprint density at radius 2 is 1.85 bits per heavy atom. The number of benzene rings is 1. The second-order valence-electron chi connectivity index (χ2n) is 5.25. The number of hydrogen-bond acceptors (Lipinski definition) is 7. The van der Waals surface area contributed by atoms with Crippen molar-refractivity contribution in [1.82, 2.24) is 9.97 Å². The molecule has 0 aliphatic carbocycles. The predicted octanol–water partition coefficient (Wildman–Crippen LogP) is 0.690. The van der Waals surface area contributed by atoms with Crippen LogP contribution in [0, 0.1) is 6.92 Å². The van der Waals surface area contributed by atoms with Crippen LogP contribution in [-0.4, -0.2) is 45.7 Å². The van der Waals surface area contributed by atoms with Crippen LogP contribution in [-0.2, 0) is 10.4 Å². The molecule has 0 bridgehead atoms. The van der Waals surface area contributed by atoms with Gasteiger partial charge < -0.3 is 21.7 Å². The number of aryl methyl sites for hydroxylation is 1. The molecule has 0 aliphatic heterocycles. The molecule has 0 saturated carbocycles. The molecule has 0 radical (unpaired) electrons. The molecular formula is C16H17F3N4O4. The monoisotopic (exact) mass is 386 g/mol. The zero-order valence-electron chi connectivity index (χ0n) is 14.3. The van der Waals surface area contributed by atoms with Gasteiger partial charge in [-0.05, 0) is 18.6 Å². The van der Waals surface area contributed by atoms with Gasteiger partial charge in [0.05, 0.1) is 11.9 Å². The number of aliphatic hydroxyl groups excluding tert-OH is 1. The molecule has 146 valence electrons. The Bertz CT molecular complexity index is 858. The average Bonchev–Trinajstić information content (AvgIpc) is 2.62. The molecular weight excluding hydrogens is 369 g/mol. The van der Waals surface area contributed by atoms with Gasteiger partial charge in [-0.2, -0.15) is 13.2 Å². The standard InChI is InChI=1S/C15H13F3N4O3.CH4O/c1-7-2-3-8(14(25,13(20)24)15(16,17)18)4-9(7)10-5-21-12(19)11(6-23)22-10;1-2/h2-6,25H,1H3,(H2,19,21)(H2,20,24);2H,1H3. The number of aromatic nitrogens is 2. The Kier molecular flexibility index (Phi) is 6.60. The maximum atomic E-state index is 13.2. The van der Waals surface area contributed by atoms with E-state index in [-0.39, 0.29) is 22.8 Å². The molecule has 27 heavy (non-hydrogen) atoms. The number of carbonyl (C=O) groups excluding carboxylic acids is 2. The lowest BCUT2D eigenvalue weighted by Crippen LogP contribution is -2.52. The molecule has 11 heteroatoms. The van der Waals surface area contributed by atoms with Crippen LogP contribution in [0.5, 0.6) is 0 Å². The number of hydrogen-bond donors (Lipinski definition) is 4. The third-order valence-corrected chi connectivity index (χ3v) is 3.64. The molecule has 0 aliphatic rings. The summed E-state index contributed by atoms with van der Waals surface area (Å²) >= 11 is 0. The number of aliphatic hydroxyl groups is 2. The number of anilines is 1. The number of nitrogens with zero attached hydrogens (tertiary/aromatic N) is 2. The Morgan fingerprint density at radius 1 is 1.26 bits per heavy atom. The number of nitrogen functional groups attached to an aromatic ring is 1. The molecule has 0 spiro atoms. The Labute approximate surface area is 151 Å². The van der Waals surface area contributed by atoms with Crippen molar-refractivity contribution in [3.8, 4) is 11.3 Å². The van der Waals surface area contributed by atoms with Crippen molar-refractivity contribution in [3.63, 3.8) is 0 Å². The van der Waals surface area contributed by atoms with Crippen LogP contribution in [0.1, 0.15) is 21.6 Å². The van der Waals surface area contributed by atoms with Crippen LogP contribution < -0.4 is 11.5 Å². The number of primary amides is 1. The predicted molar refractivity (Wildman–Crippen MR) is 89.3 cm³/mol. The van der Waals surface area contributed by atoms with Gasteiger partial charge in [0, 0.05) is 18.2 Å². The van der Waals surface area contributed by atoms with Gasteiger partial charge in [0.15, 0.2) is 12.1 Å². The van der Waals surface area contributed by atoms with E-state index in [0.717, 1.165) is 25.4 Å². The number of halogens is 3. The molecule has 2 rings (SSSR count). The van der Waals surface area contributed by atoms with Crippen LogP contribution in [0.15, 0.2) is 24.4 Å². The van der Waals surface area contributed by atoms with Gasteiger partial charge in [0.2, 0.25) is 0 Å². The van der Waals surface area contributed by atoms with Crippen LogP contribution in [0.25, 0.3) is 11.3 Å². The van der Waals surface area contributed by atoms with Crippen molar-refractivity contribution in [2.75, 3.05) is 12.8 Å². The van der Waals surface area contributed by atoms with E-state index >= 15 is 0 Å². The minimum atomic E-state index is -5.33. The highest BCUT2D eigenvalue weighted by molar-refractivity contribution is 5.86. The molecule has 2 aromatic rings. The smallest absolute Gasteiger partial charge is 0.400 e. The molecule has 8 nitrogen and oxygen atoms in total. The minimum absolute atomic E-state index is 0.0460. The summed E-state index contributed by atoms with van der Waals surface area (Å²) < 4.78 is 39.6. The van der Waals surface area contributed by atoms with E-state index in [1.807, 2.05) is 0 Å². The molecule has 1 amide bonds. The van der Waals surface area contributed by atoms with Gasteiger partial charge in [-0.1, -0.05) is 12.1 Å². The van der Waals surface area contributed by atoms with E-state index in [1.54, 1.807) is 6.92 Å². The second-order valence-corrected chi connectivity index (χ2v) is 5.25. The molecule has 0 saturated heterocycles. The number of alkyl halides is 3. The van der Waals surface area contributed by atoms with Gasteiger partial charge in [-0.3, -0.25) is 9.59 Å². The summed E-state index contributed by atoms with van der Waals surface area (Å²) in [5, 5.41) is 16.9. The summed E-state index contributed by atoms with van der Waals surface area (Å²) in [6.45, 7) is 1.56. The number of aldehydes is 1. The number of carbonyl (C=O) groups is 2. The maximum absolute atomic E-state index is 13.2. The molecule has 1 aromatic heterocycles.